The quantitative estimate of drug-likeness (QED) is 0.135. The minimum absolute atomic E-state index is 0.367. The van der Waals surface area contributed by atoms with E-state index in [-0.39, 0.29) is 0 Å². The van der Waals surface area contributed by atoms with Crippen molar-refractivity contribution in [2.75, 3.05) is 62.2 Å². The van der Waals surface area contributed by atoms with Gasteiger partial charge in [-0.05, 0) is 99.2 Å². The average Bonchev–Trinajstić information content (AvgIpc) is 3.92. The van der Waals surface area contributed by atoms with E-state index in [0.717, 1.165) is 45.6 Å². The number of anilines is 2. The zero-order chi connectivity index (χ0) is 42.6. The molecule has 2 saturated heterocycles. The van der Waals surface area contributed by atoms with E-state index >= 15 is 0 Å². The molecule has 0 aliphatic carbocycles. The first-order chi connectivity index (χ1) is 28.7. The van der Waals surface area contributed by atoms with Crippen LogP contribution in [0.2, 0.25) is 0 Å². The number of aryl methyl sites for hydroxylation is 5. The molecule has 2 aliphatic heterocycles. The second kappa shape index (κ2) is 18.7. The van der Waals surface area contributed by atoms with Crippen LogP contribution in [-0.2, 0) is 32.9 Å². The Balaban J connectivity index is 0.000000181. The lowest BCUT2D eigenvalue weighted by Crippen LogP contribution is -2.48. The van der Waals surface area contributed by atoms with Crippen LogP contribution in [0.3, 0.4) is 0 Å². The summed E-state index contributed by atoms with van der Waals surface area (Å²) in [7, 11) is -6.88. The fraction of sp³-hybridized carbons (Fsp3) is 0.348. The molecule has 2 aliphatic rings. The molecule has 2 aromatic heterocycles. The third-order valence-corrected chi connectivity index (χ3v) is 17.2. The van der Waals surface area contributed by atoms with Gasteiger partial charge in [-0.1, -0.05) is 71.8 Å². The Morgan fingerprint density at radius 1 is 0.500 bits per heavy atom. The molecular weight excluding hydrogens is 829 g/mol. The molecule has 0 saturated carbocycles. The van der Waals surface area contributed by atoms with E-state index in [1.54, 1.807) is 55.5 Å². The summed E-state index contributed by atoms with van der Waals surface area (Å²) in [5.74, 6) is 0. The maximum atomic E-state index is 12.9. The third kappa shape index (κ3) is 10.0. The van der Waals surface area contributed by atoms with Gasteiger partial charge < -0.3 is 9.80 Å². The first-order valence-corrected chi connectivity index (χ1v) is 25.0. The number of rotatable bonds is 10. The fourth-order valence-corrected chi connectivity index (χ4v) is 12.1. The number of hydrogen-bond acceptors (Lipinski definition) is 10. The monoisotopic (exact) mass is 882 g/mol. The summed E-state index contributed by atoms with van der Waals surface area (Å²) in [6, 6.07) is 26.9. The third-order valence-electron chi connectivity index (χ3n) is 11.5. The van der Waals surface area contributed by atoms with Gasteiger partial charge in [0.2, 0.25) is 20.0 Å². The number of benzene rings is 4. The number of nitrogens with zero attached hydrogens (tertiary/aromatic N) is 6. The van der Waals surface area contributed by atoms with Gasteiger partial charge in [0.25, 0.3) is 0 Å². The SMILES string of the molecule is Cc1ccc(S(=O)(=O)N2CCN(c3nc(Cc4c(C)cccc4C)cs3)CC2)cc1.Cc1ccc(S(=O)(=O)N2CCN(c3nc(Cc4cccc(C)c4C)cs3)CC2)cc1. The van der Waals surface area contributed by atoms with Crippen LogP contribution in [0.1, 0.15) is 55.9 Å². The average molecular weight is 883 g/mol. The highest BCUT2D eigenvalue weighted by atomic mass is 32.2. The molecule has 14 heteroatoms. The zero-order valence-electron chi connectivity index (χ0n) is 35.3. The Bertz CT molecular complexity index is 2610. The molecule has 4 aromatic carbocycles. The van der Waals surface area contributed by atoms with Crippen molar-refractivity contribution in [1.29, 1.82) is 0 Å². The van der Waals surface area contributed by atoms with E-state index < -0.39 is 20.0 Å². The van der Waals surface area contributed by atoms with Gasteiger partial charge >= 0.3 is 0 Å². The molecule has 6 aromatic rings. The van der Waals surface area contributed by atoms with Crippen LogP contribution in [-0.4, -0.2) is 87.8 Å². The van der Waals surface area contributed by atoms with Gasteiger partial charge in [-0.2, -0.15) is 8.61 Å². The van der Waals surface area contributed by atoms with Gasteiger partial charge in [0.05, 0.1) is 21.2 Å². The van der Waals surface area contributed by atoms with Crippen LogP contribution >= 0.6 is 22.7 Å². The summed E-state index contributed by atoms with van der Waals surface area (Å²) >= 11 is 3.28. The second-order valence-corrected chi connectivity index (χ2v) is 21.3. The van der Waals surface area contributed by atoms with Crippen molar-refractivity contribution >= 4 is 53.0 Å². The lowest BCUT2D eigenvalue weighted by molar-refractivity contribution is 0.384. The Morgan fingerprint density at radius 2 is 0.900 bits per heavy atom. The normalized spacial score (nSPS) is 15.5. The molecular formula is C46H54N6O4S4. The number of aromatic nitrogens is 2. The molecule has 10 nitrogen and oxygen atoms in total. The molecule has 0 radical (unpaired) electrons. The maximum absolute atomic E-state index is 12.9. The lowest BCUT2D eigenvalue weighted by Gasteiger charge is -2.33. The van der Waals surface area contributed by atoms with Crippen LogP contribution in [0, 0.1) is 41.5 Å². The number of piperazine rings is 2. The van der Waals surface area contributed by atoms with E-state index in [2.05, 4.69) is 84.7 Å². The topological polar surface area (TPSA) is 107 Å². The van der Waals surface area contributed by atoms with Crippen LogP contribution < -0.4 is 9.80 Å². The summed E-state index contributed by atoms with van der Waals surface area (Å²) in [6.07, 6.45) is 1.66. The first kappa shape index (κ1) is 43.6. The Morgan fingerprint density at radius 3 is 1.35 bits per heavy atom. The van der Waals surface area contributed by atoms with Gasteiger partial charge in [0.1, 0.15) is 0 Å². The predicted molar refractivity (Wildman–Crippen MR) is 246 cm³/mol. The van der Waals surface area contributed by atoms with Crippen molar-refractivity contribution in [3.63, 3.8) is 0 Å². The summed E-state index contributed by atoms with van der Waals surface area (Å²) < 4.78 is 54.8. The maximum Gasteiger partial charge on any atom is 0.243 e. The standard InChI is InChI=1S/2C23H27N3O2S2/c1-17-7-9-22(10-8-17)30(27,28)26-13-11-25(12-14-26)23-24-21(16-29-23)15-20-6-4-5-18(2)19(20)3;1-17-7-9-21(10-8-17)30(27,28)26-13-11-25(12-14-26)23-24-20(16-29-23)15-22-18(2)5-4-6-19(22)3/h2*4-10,16H,11-15H2,1-3H3. The van der Waals surface area contributed by atoms with Gasteiger partial charge in [-0.25, -0.2) is 26.8 Å². The highest BCUT2D eigenvalue weighted by Gasteiger charge is 2.31. The van der Waals surface area contributed by atoms with Gasteiger partial charge in [0.15, 0.2) is 10.3 Å². The van der Waals surface area contributed by atoms with Crippen molar-refractivity contribution in [2.45, 2.75) is 64.2 Å². The molecule has 0 atom stereocenters. The minimum Gasteiger partial charge on any atom is -0.345 e. The highest BCUT2D eigenvalue weighted by Crippen LogP contribution is 2.28. The fourth-order valence-electron chi connectivity index (χ4n) is 7.51. The van der Waals surface area contributed by atoms with Crippen LogP contribution in [0.5, 0.6) is 0 Å². The molecule has 2 fully saturated rings. The molecule has 4 heterocycles. The highest BCUT2D eigenvalue weighted by molar-refractivity contribution is 7.89. The number of thiazole rings is 2. The minimum atomic E-state index is -3.44. The largest absolute Gasteiger partial charge is 0.345 e. The molecule has 8 rings (SSSR count). The number of sulfonamides is 2. The molecule has 316 valence electrons. The second-order valence-electron chi connectivity index (χ2n) is 15.7. The molecule has 0 amide bonds. The summed E-state index contributed by atoms with van der Waals surface area (Å²) in [5.41, 5.74) is 12.1. The Labute approximate surface area is 364 Å². The Hall–Kier alpha value is -4.44. The zero-order valence-corrected chi connectivity index (χ0v) is 38.5. The van der Waals surface area contributed by atoms with Gasteiger partial charge in [-0.15, -0.1) is 22.7 Å². The molecule has 0 bridgehead atoms. The van der Waals surface area contributed by atoms with Crippen LogP contribution in [0.4, 0.5) is 10.3 Å². The van der Waals surface area contributed by atoms with Gasteiger partial charge in [0, 0.05) is 76.0 Å². The molecule has 0 N–H and O–H groups in total. The van der Waals surface area contributed by atoms with E-state index in [1.165, 1.54) is 33.4 Å². The van der Waals surface area contributed by atoms with Crippen molar-refractivity contribution in [3.8, 4) is 0 Å². The molecule has 0 spiro atoms. The van der Waals surface area contributed by atoms with E-state index in [4.69, 9.17) is 9.97 Å². The summed E-state index contributed by atoms with van der Waals surface area (Å²) in [5, 5.41) is 6.19. The first-order valence-electron chi connectivity index (χ1n) is 20.3. The van der Waals surface area contributed by atoms with Crippen LogP contribution in [0.15, 0.2) is 105 Å². The van der Waals surface area contributed by atoms with Crippen molar-refractivity contribution in [3.05, 3.63) is 152 Å². The van der Waals surface area contributed by atoms with Crippen LogP contribution in [0.25, 0.3) is 0 Å². The van der Waals surface area contributed by atoms with Crippen molar-refractivity contribution < 1.29 is 16.8 Å². The lowest BCUT2D eigenvalue weighted by atomic mass is 9.99. The number of hydrogen-bond donors (Lipinski definition) is 0. The smallest absolute Gasteiger partial charge is 0.243 e. The summed E-state index contributed by atoms with van der Waals surface area (Å²) in [6.45, 7) is 17.0. The van der Waals surface area contributed by atoms with Crippen molar-refractivity contribution in [2.24, 2.45) is 0 Å². The molecule has 0 unspecified atom stereocenters. The Kier molecular flexibility index (Phi) is 13.6. The van der Waals surface area contributed by atoms with E-state index in [9.17, 15) is 16.8 Å². The summed E-state index contributed by atoms with van der Waals surface area (Å²) in [4.78, 5) is 14.8. The molecule has 60 heavy (non-hydrogen) atoms. The van der Waals surface area contributed by atoms with Crippen molar-refractivity contribution in [1.82, 2.24) is 18.6 Å². The predicted octanol–water partition coefficient (Wildman–Crippen LogP) is 8.34. The van der Waals surface area contributed by atoms with E-state index in [1.807, 2.05) is 38.1 Å². The van der Waals surface area contributed by atoms with E-state index in [0.29, 0.717) is 62.1 Å². The van der Waals surface area contributed by atoms with Gasteiger partial charge in [-0.3, -0.25) is 0 Å².